The molecule has 1 saturated carbocycles. The fourth-order valence-electron chi connectivity index (χ4n) is 4.86. The molecule has 4 unspecified atom stereocenters. The van der Waals surface area contributed by atoms with Crippen molar-refractivity contribution in [2.75, 3.05) is 13.2 Å². The molecule has 1 aliphatic heterocycles. The van der Waals surface area contributed by atoms with Gasteiger partial charge < -0.3 is 9.64 Å². The summed E-state index contributed by atoms with van der Waals surface area (Å²) in [6.45, 7) is 4.89. The molecule has 0 radical (unpaired) electrons. The number of carbonyl (C=O) groups excluding carboxylic acids is 2. The second-order valence-electron chi connectivity index (χ2n) is 8.41. The molecule has 4 nitrogen and oxygen atoms in total. The lowest BCUT2D eigenvalue weighted by Crippen LogP contribution is -2.50. The van der Waals surface area contributed by atoms with Crippen molar-refractivity contribution in [3.05, 3.63) is 35.9 Å². The van der Waals surface area contributed by atoms with Crippen molar-refractivity contribution < 1.29 is 14.3 Å². The standard InChI is InChI=1S/C23H33NO3/c1-17(14-19-8-4-3-5-9-19)23(26)27-13-12-22-15-20-10-6-7-11-21(20)16-24(22)18(2)25/h3-5,8-9,17,20-22H,6-7,10-16H2,1-2H3. The van der Waals surface area contributed by atoms with Gasteiger partial charge in [0.05, 0.1) is 12.5 Å². The van der Waals surface area contributed by atoms with Crippen molar-refractivity contribution in [3.63, 3.8) is 0 Å². The zero-order valence-corrected chi connectivity index (χ0v) is 16.7. The van der Waals surface area contributed by atoms with Gasteiger partial charge in [0.2, 0.25) is 5.91 Å². The zero-order valence-electron chi connectivity index (χ0n) is 16.7. The van der Waals surface area contributed by atoms with Gasteiger partial charge in [0.15, 0.2) is 0 Å². The van der Waals surface area contributed by atoms with Gasteiger partial charge in [-0.05, 0) is 36.7 Å². The van der Waals surface area contributed by atoms with Gasteiger partial charge in [-0.15, -0.1) is 0 Å². The van der Waals surface area contributed by atoms with Gasteiger partial charge in [-0.2, -0.15) is 0 Å². The molecular formula is C23H33NO3. The predicted octanol–water partition coefficient (Wildman–Crippen LogP) is 4.23. The lowest BCUT2D eigenvalue weighted by Gasteiger charge is -2.46. The number of rotatable bonds is 6. The number of benzene rings is 1. The highest BCUT2D eigenvalue weighted by Crippen LogP contribution is 2.39. The van der Waals surface area contributed by atoms with Crippen molar-refractivity contribution in [1.29, 1.82) is 0 Å². The van der Waals surface area contributed by atoms with E-state index >= 15 is 0 Å². The molecule has 3 rings (SSSR count). The summed E-state index contributed by atoms with van der Waals surface area (Å²) in [6.07, 6.45) is 7.70. The molecule has 1 heterocycles. The van der Waals surface area contributed by atoms with Crippen LogP contribution in [0.3, 0.4) is 0 Å². The van der Waals surface area contributed by atoms with Crippen molar-refractivity contribution in [2.45, 2.75) is 64.8 Å². The summed E-state index contributed by atoms with van der Waals surface area (Å²) in [4.78, 5) is 26.5. The van der Waals surface area contributed by atoms with Crippen molar-refractivity contribution >= 4 is 11.9 Å². The van der Waals surface area contributed by atoms with E-state index in [4.69, 9.17) is 4.74 Å². The van der Waals surface area contributed by atoms with E-state index in [1.54, 1.807) is 6.92 Å². The van der Waals surface area contributed by atoms with Crippen LogP contribution in [0.4, 0.5) is 0 Å². The average molecular weight is 372 g/mol. The molecule has 0 bridgehead atoms. The Morgan fingerprint density at radius 1 is 1.15 bits per heavy atom. The Labute approximate surface area is 163 Å². The number of amides is 1. The largest absolute Gasteiger partial charge is 0.465 e. The molecule has 1 aromatic carbocycles. The van der Waals surface area contributed by atoms with Gasteiger partial charge in [-0.3, -0.25) is 9.59 Å². The summed E-state index contributed by atoms with van der Waals surface area (Å²) in [5.41, 5.74) is 1.15. The normalized spacial score (nSPS) is 26.1. The molecule has 27 heavy (non-hydrogen) atoms. The number of ether oxygens (including phenoxy) is 1. The Morgan fingerprint density at radius 3 is 2.56 bits per heavy atom. The number of fused-ring (bicyclic) bond motifs is 1. The first kappa shape index (κ1) is 19.9. The summed E-state index contributed by atoms with van der Waals surface area (Å²) in [6, 6.07) is 10.3. The van der Waals surface area contributed by atoms with Gasteiger partial charge in [0.1, 0.15) is 0 Å². The molecular weight excluding hydrogens is 338 g/mol. The van der Waals surface area contributed by atoms with Crippen LogP contribution in [0, 0.1) is 17.8 Å². The summed E-state index contributed by atoms with van der Waals surface area (Å²) in [5, 5.41) is 0. The molecule has 4 atom stereocenters. The Hall–Kier alpha value is -1.84. The highest BCUT2D eigenvalue weighted by Gasteiger charge is 2.37. The van der Waals surface area contributed by atoms with E-state index in [-0.39, 0.29) is 23.8 Å². The summed E-state index contributed by atoms with van der Waals surface area (Å²) in [5.74, 6) is 1.29. The lowest BCUT2D eigenvalue weighted by atomic mass is 9.72. The second-order valence-corrected chi connectivity index (χ2v) is 8.41. The number of nitrogens with zero attached hydrogens (tertiary/aromatic N) is 1. The van der Waals surface area contributed by atoms with Crippen LogP contribution in [0.25, 0.3) is 0 Å². The lowest BCUT2D eigenvalue weighted by molar-refractivity contribution is -0.149. The van der Waals surface area contributed by atoms with E-state index in [0.717, 1.165) is 30.9 Å². The molecule has 2 aliphatic rings. The van der Waals surface area contributed by atoms with Crippen LogP contribution in [-0.4, -0.2) is 36.0 Å². The number of esters is 1. The van der Waals surface area contributed by atoms with Crippen LogP contribution < -0.4 is 0 Å². The van der Waals surface area contributed by atoms with Gasteiger partial charge >= 0.3 is 5.97 Å². The van der Waals surface area contributed by atoms with Gasteiger partial charge in [-0.25, -0.2) is 0 Å². The summed E-state index contributed by atoms with van der Waals surface area (Å²) in [7, 11) is 0. The van der Waals surface area contributed by atoms with Crippen molar-refractivity contribution in [2.24, 2.45) is 17.8 Å². The first-order valence-corrected chi connectivity index (χ1v) is 10.5. The van der Waals surface area contributed by atoms with E-state index < -0.39 is 0 Å². The van der Waals surface area contributed by atoms with Crippen LogP contribution in [-0.2, 0) is 20.7 Å². The third-order valence-corrected chi connectivity index (χ3v) is 6.40. The van der Waals surface area contributed by atoms with Crippen LogP contribution in [0.5, 0.6) is 0 Å². The number of likely N-dealkylation sites (tertiary alicyclic amines) is 1. The maximum absolute atomic E-state index is 12.3. The molecule has 0 aromatic heterocycles. The number of piperidine rings is 1. The second kappa shape index (κ2) is 9.38. The fraction of sp³-hybridized carbons (Fsp3) is 0.652. The summed E-state index contributed by atoms with van der Waals surface area (Å²) >= 11 is 0. The third kappa shape index (κ3) is 5.33. The number of hydrogen-bond acceptors (Lipinski definition) is 3. The third-order valence-electron chi connectivity index (χ3n) is 6.40. The van der Waals surface area contributed by atoms with E-state index in [9.17, 15) is 9.59 Å². The highest BCUT2D eigenvalue weighted by molar-refractivity contribution is 5.74. The SMILES string of the molecule is CC(=O)N1CC2CCCCC2CC1CCOC(=O)C(C)Cc1ccccc1. The maximum atomic E-state index is 12.3. The van der Waals surface area contributed by atoms with E-state index in [0.29, 0.717) is 18.9 Å². The van der Waals surface area contributed by atoms with Gasteiger partial charge in [-0.1, -0.05) is 56.5 Å². The highest BCUT2D eigenvalue weighted by atomic mass is 16.5. The van der Waals surface area contributed by atoms with E-state index in [1.165, 1.54) is 25.7 Å². The minimum atomic E-state index is -0.148. The Morgan fingerprint density at radius 2 is 1.85 bits per heavy atom. The first-order valence-electron chi connectivity index (χ1n) is 10.5. The number of carbonyl (C=O) groups is 2. The smallest absolute Gasteiger partial charge is 0.308 e. The Kier molecular flexibility index (Phi) is 6.92. The molecule has 0 spiro atoms. The number of hydrogen-bond donors (Lipinski definition) is 0. The molecule has 1 aromatic rings. The van der Waals surface area contributed by atoms with Crippen molar-refractivity contribution in [3.8, 4) is 0 Å². The monoisotopic (exact) mass is 371 g/mol. The van der Waals surface area contributed by atoms with Crippen LogP contribution in [0.15, 0.2) is 30.3 Å². The van der Waals surface area contributed by atoms with E-state index in [1.807, 2.05) is 42.2 Å². The minimum absolute atomic E-state index is 0.139. The fourth-order valence-corrected chi connectivity index (χ4v) is 4.86. The Balaban J connectivity index is 1.47. The van der Waals surface area contributed by atoms with Crippen LogP contribution in [0.1, 0.15) is 57.9 Å². The van der Waals surface area contributed by atoms with Crippen LogP contribution in [0.2, 0.25) is 0 Å². The quantitative estimate of drug-likeness (QED) is 0.703. The molecule has 1 amide bonds. The topological polar surface area (TPSA) is 46.6 Å². The van der Waals surface area contributed by atoms with Crippen LogP contribution >= 0.6 is 0 Å². The molecule has 148 valence electrons. The minimum Gasteiger partial charge on any atom is -0.465 e. The molecule has 4 heteroatoms. The van der Waals surface area contributed by atoms with E-state index in [2.05, 4.69) is 0 Å². The molecule has 1 saturated heterocycles. The van der Waals surface area contributed by atoms with Crippen molar-refractivity contribution in [1.82, 2.24) is 4.90 Å². The molecule has 1 aliphatic carbocycles. The maximum Gasteiger partial charge on any atom is 0.308 e. The predicted molar refractivity (Wildman–Crippen MR) is 106 cm³/mol. The van der Waals surface area contributed by atoms with Gasteiger partial charge in [0, 0.05) is 25.9 Å². The molecule has 2 fully saturated rings. The Bertz CT molecular complexity index is 630. The summed E-state index contributed by atoms with van der Waals surface area (Å²) < 4.78 is 5.57. The molecule has 0 N–H and O–H groups in total. The van der Waals surface area contributed by atoms with Gasteiger partial charge in [0.25, 0.3) is 0 Å². The average Bonchev–Trinajstić information content (AvgIpc) is 2.68. The zero-order chi connectivity index (χ0) is 19.2. The first-order chi connectivity index (χ1) is 13.0.